The molecule has 0 aliphatic carbocycles. The van der Waals surface area contributed by atoms with Gasteiger partial charge in [-0.2, -0.15) is 0 Å². The van der Waals surface area contributed by atoms with Crippen molar-refractivity contribution in [1.29, 1.82) is 0 Å². The Hall–Kier alpha value is -2.56. The molecule has 2 saturated heterocycles. The Kier molecular flexibility index (Phi) is 8.02. The largest absolute Gasteiger partial charge is 0.616 e. The summed E-state index contributed by atoms with van der Waals surface area (Å²) in [6, 6.07) is 0.811. The van der Waals surface area contributed by atoms with Gasteiger partial charge < -0.3 is 24.2 Å². The Balaban J connectivity index is 1.38. The van der Waals surface area contributed by atoms with Gasteiger partial charge in [0.2, 0.25) is 0 Å². The number of aromatic nitrogens is 6. The van der Waals surface area contributed by atoms with E-state index in [0.717, 1.165) is 25.0 Å². The van der Waals surface area contributed by atoms with Crippen LogP contribution in [0.1, 0.15) is 30.6 Å². The van der Waals surface area contributed by atoms with Crippen molar-refractivity contribution >= 4 is 11.2 Å². The number of aliphatic hydroxyl groups excluding tert-OH is 2. The van der Waals surface area contributed by atoms with Crippen LogP contribution in [0.4, 0.5) is 13.2 Å². The summed E-state index contributed by atoms with van der Waals surface area (Å²) >= 11 is -0.797. The third-order valence-electron chi connectivity index (χ3n) is 7.03. The van der Waals surface area contributed by atoms with E-state index in [1.165, 1.54) is 18.0 Å². The van der Waals surface area contributed by atoms with E-state index in [2.05, 4.69) is 20.6 Å². The fraction of sp³-hybridized carbons (Fsp3) is 0.565. The van der Waals surface area contributed by atoms with E-state index < -0.39 is 65.7 Å². The van der Waals surface area contributed by atoms with Crippen LogP contribution in [-0.4, -0.2) is 94.4 Å². The Morgan fingerprint density at radius 1 is 1.08 bits per heavy atom. The van der Waals surface area contributed by atoms with Gasteiger partial charge in [-0.25, -0.2) is 22.5 Å². The fourth-order valence-electron chi connectivity index (χ4n) is 5.03. The van der Waals surface area contributed by atoms with E-state index >= 15 is 0 Å². The normalized spacial score (nSPS) is 30.0. The molecule has 2 aliphatic rings. The topological polar surface area (TPSA) is 143 Å². The average molecular weight is 557 g/mol. The quantitative estimate of drug-likeness (QED) is 0.321. The number of hydrogen-bond acceptors (Lipinski definition) is 9. The summed E-state index contributed by atoms with van der Waals surface area (Å²) in [5, 5.41) is 37.3. The number of nitrogens with zero attached hydrogens (tertiary/aromatic N) is 6. The Bertz CT molecular complexity index is 1230. The first-order valence-electron chi connectivity index (χ1n) is 12.1. The van der Waals surface area contributed by atoms with Gasteiger partial charge in [-0.1, -0.05) is 21.6 Å². The van der Waals surface area contributed by atoms with E-state index in [9.17, 15) is 27.9 Å². The van der Waals surface area contributed by atoms with Crippen LogP contribution in [-0.2, 0) is 27.1 Å². The van der Waals surface area contributed by atoms with E-state index in [1.807, 2.05) is 0 Å². The van der Waals surface area contributed by atoms with Crippen molar-refractivity contribution in [1.82, 2.24) is 30.0 Å². The molecule has 2 aliphatic heterocycles. The number of benzene rings is 1. The average Bonchev–Trinajstić information content (AvgIpc) is 3.58. The van der Waals surface area contributed by atoms with Crippen LogP contribution in [0.25, 0.3) is 11.3 Å². The van der Waals surface area contributed by atoms with Gasteiger partial charge in [0.15, 0.2) is 17.5 Å². The maximum atomic E-state index is 13.8. The number of rotatable bonds is 7. The lowest BCUT2D eigenvalue weighted by molar-refractivity contribution is -0.212. The SMILES string of the molecule is CO[C@@H]1[C@@H](n2cc(-c3cc(F)c(F)c(F)c3)nn2)[C@@H](O)[C@@H](CO)O[C@@H]1Cc1cn(C2CC[S+]([O-])CC2)nn1. The molecule has 0 radical (unpaired) electrons. The first kappa shape index (κ1) is 27.0. The molecule has 1 aromatic carbocycles. The predicted molar refractivity (Wildman–Crippen MR) is 127 cm³/mol. The molecule has 5 atom stereocenters. The molecule has 2 aromatic heterocycles. The third kappa shape index (κ3) is 5.31. The Labute approximate surface area is 218 Å². The summed E-state index contributed by atoms with van der Waals surface area (Å²) in [5.74, 6) is -3.10. The molecule has 11 nitrogen and oxygen atoms in total. The molecule has 5 rings (SSSR count). The van der Waals surface area contributed by atoms with Crippen LogP contribution in [0.15, 0.2) is 24.5 Å². The molecule has 3 aromatic rings. The maximum Gasteiger partial charge on any atom is 0.194 e. The van der Waals surface area contributed by atoms with Gasteiger partial charge >= 0.3 is 0 Å². The fourth-order valence-corrected chi connectivity index (χ4v) is 6.30. The zero-order chi connectivity index (χ0) is 27.0. The lowest BCUT2D eigenvalue weighted by atomic mass is 9.90. The van der Waals surface area contributed by atoms with Gasteiger partial charge in [-0.3, -0.25) is 0 Å². The lowest BCUT2D eigenvalue weighted by Gasteiger charge is -2.43. The minimum absolute atomic E-state index is 0.0402. The summed E-state index contributed by atoms with van der Waals surface area (Å²) in [6.45, 7) is -0.494. The summed E-state index contributed by atoms with van der Waals surface area (Å²) in [6.07, 6.45) is 1.16. The van der Waals surface area contributed by atoms with E-state index in [4.69, 9.17) is 9.47 Å². The highest BCUT2D eigenvalue weighted by atomic mass is 32.2. The van der Waals surface area contributed by atoms with Crippen molar-refractivity contribution in [2.24, 2.45) is 0 Å². The first-order chi connectivity index (χ1) is 18.3. The van der Waals surface area contributed by atoms with Crippen LogP contribution in [0.3, 0.4) is 0 Å². The molecular weight excluding hydrogens is 529 g/mol. The molecular formula is C23H27F3N6O5S. The van der Waals surface area contributed by atoms with Crippen molar-refractivity contribution in [2.75, 3.05) is 25.2 Å². The van der Waals surface area contributed by atoms with Gasteiger partial charge in [-0.15, -0.1) is 10.2 Å². The molecule has 0 amide bonds. The van der Waals surface area contributed by atoms with Gasteiger partial charge in [-0.05, 0) is 12.1 Å². The third-order valence-corrected chi connectivity index (χ3v) is 8.41. The lowest BCUT2D eigenvalue weighted by Crippen LogP contribution is -2.57. The van der Waals surface area contributed by atoms with Gasteiger partial charge in [0, 0.05) is 38.1 Å². The van der Waals surface area contributed by atoms with E-state index in [1.54, 1.807) is 10.9 Å². The van der Waals surface area contributed by atoms with Crippen LogP contribution in [0.5, 0.6) is 0 Å². The van der Waals surface area contributed by atoms with E-state index in [0.29, 0.717) is 17.2 Å². The Morgan fingerprint density at radius 2 is 1.76 bits per heavy atom. The number of ether oxygens (including phenoxy) is 2. The second-order valence-corrected chi connectivity index (χ2v) is 11.1. The summed E-state index contributed by atoms with van der Waals surface area (Å²) < 4.78 is 67.3. The van der Waals surface area contributed by atoms with Crippen molar-refractivity contribution < 1.29 is 37.4 Å². The number of methoxy groups -OCH3 is 1. The highest BCUT2D eigenvalue weighted by Gasteiger charge is 2.47. The highest BCUT2D eigenvalue weighted by Crippen LogP contribution is 2.34. The van der Waals surface area contributed by atoms with Crippen molar-refractivity contribution in [2.45, 2.75) is 55.8 Å². The molecule has 4 heterocycles. The van der Waals surface area contributed by atoms with Crippen molar-refractivity contribution in [3.05, 3.63) is 47.7 Å². The second-order valence-electron chi connectivity index (χ2n) is 9.39. The highest BCUT2D eigenvalue weighted by molar-refractivity contribution is 7.91. The van der Waals surface area contributed by atoms with Crippen molar-refractivity contribution in [3.8, 4) is 11.3 Å². The van der Waals surface area contributed by atoms with E-state index in [-0.39, 0.29) is 23.7 Å². The van der Waals surface area contributed by atoms with Gasteiger partial charge in [0.25, 0.3) is 0 Å². The molecule has 2 fully saturated rings. The van der Waals surface area contributed by atoms with Crippen LogP contribution in [0, 0.1) is 17.5 Å². The summed E-state index contributed by atoms with van der Waals surface area (Å²) in [7, 11) is 1.43. The zero-order valence-electron chi connectivity index (χ0n) is 20.4. The van der Waals surface area contributed by atoms with Crippen LogP contribution in [0.2, 0.25) is 0 Å². The molecule has 0 unspecified atom stereocenters. The smallest absolute Gasteiger partial charge is 0.194 e. The Morgan fingerprint density at radius 3 is 2.42 bits per heavy atom. The molecule has 0 spiro atoms. The molecule has 38 heavy (non-hydrogen) atoms. The number of hydrogen-bond donors (Lipinski definition) is 2. The zero-order valence-corrected chi connectivity index (χ0v) is 21.2. The monoisotopic (exact) mass is 556 g/mol. The molecule has 206 valence electrons. The first-order valence-corrected chi connectivity index (χ1v) is 13.6. The maximum absolute atomic E-state index is 13.8. The minimum Gasteiger partial charge on any atom is -0.616 e. The minimum atomic E-state index is -1.59. The summed E-state index contributed by atoms with van der Waals surface area (Å²) in [4.78, 5) is 0. The number of halogens is 3. The number of aliphatic hydroxyl groups is 2. The molecule has 15 heteroatoms. The van der Waals surface area contributed by atoms with Crippen molar-refractivity contribution in [3.63, 3.8) is 0 Å². The predicted octanol–water partition coefficient (Wildman–Crippen LogP) is 0.957. The molecule has 2 N–H and O–H groups in total. The van der Waals surface area contributed by atoms with Crippen LogP contribution < -0.4 is 0 Å². The standard InChI is InChI=1S/C23H27F3N6O5S/c1-36-23-18(8-13-9-31(29-27-13)14-2-4-38(35)5-3-14)37-19(11-33)22(34)21(23)32-10-17(28-30-32)12-6-15(24)20(26)16(25)7-12/h6-7,9-10,14,18-19,21-23,33-34H,2-5,8,11H2,1H3/t14?,18-,19-,21+,22+,23+,38?/m1/s1. The molecule has 0 bridgehead atoms. The van der Waals surface area contributed by atoms with Gasteiger partial charge in [0.05, 0.1) is 30.6 Å². The van der Waals surface area contributed by atoms with Crippen LogP contribution >= 0.6 is 0 Å². The summed E-state index contributed by atoms with van der Waals surface area (Å²) in [5.41, 5.74) is 0.610. The van der Waals surface area contributed by atoms with Gasteiger partial charge in [0.1, 0.15) is 41.6 Å². The second kappa shape index (κ2) is 11.3. The molecule has 0 saturated carbocycles.